The van der Waals surface area contributed by atoms with Gasteiger partial charge in [-0.25, -0.2) is 0 Å². The zero-order chi connectivity index (χ0) is 16.8. The zero-order valence-corrected chi connectivity index (χ0v) is 13.8. The third-order valence-corrected chi connectivity index (χ3v) is 3.73. The summed E-state index contributed by atoms with van der Waals surface area (Å²) in [4.78, 5) is 24.8. The number of nitrogens with one attached hydrogen (secondary N) is 2. The van der Waals surface area contributed by atoms with Crippen LogP contribution < -0.4 is 10.6 Å². The summed E-state index contributed by atoms with van der Waals surface area (Å²) in [6.45, 7) is 3.75. The topological polar surface area (TPSA) is 58.2 Å². The largest absolute Gasteiger partial charge is 0.340 e. The Morgan fingerprint density at radius 1 is 0.957 bits per heavy atom. The first-order valence-electron chi connectivity index (χ1n) is 7.40. The second kappa shape index (κ2) is 7.79. The average Bonchev–Trinajstić information content (AvgIpc) is 2.55. The minimum Gasteiger partial charge on any atom is -0.340 e. The Morgan fingerprint density at radius 3 is 2.17 bits per heavy atom. The quantitative estimate of drug-likeness (QED) is 0.877. The second-order valence-electron chi connectivity index (χ2n) is 5.53. The summed E-state index contributed by atoms with van der Waals surface area (Å²) in [7, 11) is 0. The van der Waals surface area contributed by atoms with Gasteiger partial charge >= 0.3 is 0 Å². The number of halogens is 1. The maximum absolute atomic E-state index is 12.5. The fraction of sp³-hybridized carbons (Fsp3) is 0.222. The highest BCUT2D eigenvalue weighted by molar-refractivity contribution is 6.33. The first kappa shape index (κ1) is 17.0. The third-order valence-electron chi connectivity index (χ3n) is 3.40. The van der Waals surface area contributed by atoms with Crippen molar-refractivity contribution in [3.05, 3.63) is 65.2 Å². The number of benzene rings is 2. The lowest BCUT2D eigenvalue weighted by Gasteiger charge is -2.22. The Kier molecular flexibility index (Phi) is 5.77. The highest BCUT2D eigenvalue weighted by atomic mass is 35.5. The molecule has 0 spiro atoms. The van der Waals surface area contributed by atoms with Crippen LogP contribution in [0.25, 0.3) is 0 Å². The lowest BCUT2D eigenvalue weighted by molar-refractivity contribution is -0.118. The molecule has 0 aromatic heterocycles. The molecule has 1 atom stereocenters. The Balaban J connectivity index is 2.10. The van der Waals surface area contributed by atoms with Gasteiger partial charge in [-0.05, 0) is 30.2 Å². The fourth-order valence-electron chi connectivity index (χ4n) is 2.12. The van der Waals surface area contributed by atoms with Gasteiger partial charge in [-0.15, -0.1) is 0 Å². The van der Waals surface area contributed by atoms with Crippen LogP contribution in [0.3, 0.4) is 0 Å². The van der Waals surface area contributed by atoms with Gasteiger partial charge in [0.2, 0.25) is 5.91 Å². The molecule has 0 saturated heterocycles. The molecule has 0 fully saturated rings. The van der Waals surface area contributed by atoms with Crippen LogP contribution in [0.4, 0.5) is 5.69 Å². The van der Waals surface area contributed by atoms with E-state index in [1.807, 2.05) is 19.9 Å². The number of hydrogen-bond acceptors (Lipinski definition) is 2. The normalized spacial score (nSPS) is 11.8. The molecule has 5 heteroatoms. The van der Waals surface area contributed by atoms with E-state index >= 15 is 0 Å². The summed E-state index contributed by atoms with van der Waals surface area (Å²) in [5.41, 5.74) is 1.04. The van der Waals surface area contributed by atoms with E-state index in [2.05, 4.69) is 10.6 Å². The van der Waals surface area contributed by atoms with Gasteiger partial charge in [0.1, 0.15) is 6.04 Å². The SMILES string of the molecule is CC(C)C(NC(=O)c1ccccc1)C(=O)Nc1ccccc1Cl. The average molecular weight is 331 g/mol. The molecule has 2 amide bonds. The Bertz CT molecular complexity index is 686. The van der Waals surface area contributed by atoms with Crippen molar-refractivity contribution in [3.8, 4) is 0 Å². The number of amides is 2. The zero-order valence-electron chi connectivity index (χ0n) is 13.0. The summed E-state index contributed by atoms with van der Waals surface area (Å²) in [5, 5.41) is 6.00. The molecule has 2 rings (SSSR count). The highest BCUT2D eigenvalue weighted by Crippen LogP contribution is 2.21. The van der Waals surface area contributed by atoms with Crippen LogP contribution in [-0.4, -0.2) is 17.9 Å². The van der Waals surface area contributed by atoms with Gasteiger partial charge in [0.05, 0.1) is 10.7 Å². The van der Waals surface area contributed by atoms with Crippen molar-refractivity contribution in [2.75, 3.05) is 5.32 Å². The number of hydrogen-bond donors (Lipinski definition) is 2. The molecule has 2 aromatic rings. The van der Waals surface area contributed by atoms with Gasteiger partial charge in [-0.1, -0.05) is 55.8 Å². The van der Waals surface area contributed by atoms with Crippen LogP contribution in [0.1, 0.15) is 24.2 Å². The Morgan fingerprint density at radius 2 is 1.57 bits per heavy atom. The van der Waals surface area contributed by atoms with Crippen molar-refractivity contribution in [2.45, 2.75) is 19.9 Å². The smallest absolute Gasteiger partial charge is 0.251 e. The van der Waals surface area contributed by atoms with Gasteiger partial charge in [0, 0.05) is 5.56 Å². The summed E-state index contributed by atoms with van der Waals surface area (Å²) in [6.07, 6.45) is 0. The molecule has 23 heavy (non-hydrogen) atoms. The standard InChI is InChI=1S/C18H19ClN2O2/c1-12(2)16(21-17(22)13-8-4-3-5-9-13)18(23)20-15-11-7-6-10-14(15)19/h3-12,16H,1-2H3,(H,20,23)(H,21,22). The molecule has 120 valence electrons. The Hall–Kier alpha value is -2.33. The molecule has 1 unspecified atom stereocenters. The lowest BCUT2D eigenvalue weighted by atomic mass is 10.0. The molecular formula is C18H19ClN2O2. The maximum Gasteiger partial charge on any atom is 0.251 e. The molecule has 0 bridgehead atoms. The van der Waals surface area contributed by atoms with E-state index in [4.69, 9.17) is 11.6 Å². The van der Waals surface area contributed by atoms with Gasteiger partial charge in [-0.3, -0.25) is 9.59 Å². The van der Waals surface area contributed by atoms with Crippen molar-refractivity contribution in [3.63, 3.8) is 0 Å². The Labute approximate surface area is 140 Å². The van der Waals surface area contributed by atoms with Crippen molar-refractivity contribution in [2.24, 2.45) is 5.92 Å². The minimum atomic E-state index is -0.654. The summed E-state index contributed by atoms with van der Waals surface area (Å²) in [5.74, 6) is -0.638. The maximum atomic E-state index is 12.5. The van der Waals surface area contributed by atoms with Crippen LogP contribution in [0, 0.1) is 5.92 Å². The first-order chi connectivity index (χ1) is 11.0. The van der Waals surface area contributed by atoms with E-state index in [0.717, 1.165) is 0 Å². The number of para-hydroxylation sites is 1. The number of carbonyl (C=O) groups excluding carboxylic acids is 2. The summed E-state index contributed by atoms with van der Waals surface area (Å²) >= 11 is 6.05. The number of rotatable bonds is 5. The fourth-order valence-corrected chi connectivity index (χ4v) is 2.31. The van der Waals surface area contributed by atoms with Crippen molar-refractivity contribution in [1.29, 1.82) is 0 Å². The molecule has 0 heterocycles. The van der Waals surface area contributed by atoms with E-state index in [0.29, 0.717) is 16.3 Å². The van der Waals surface area contributed by atoms with Crippen LogP contribution in [0.15, 0.2) is 54.6 Å². The van der Waals surface area contributed by atoms with Crippen LogP contribution >= 0.6 is 11.6 Å². The lowest BCUT2D eigenvalue weighted by Crippen LogP contribution is -2.47. The molecule has 0 aliphatic rings. The highest BCUT2D eigenvalue weighted by Gasteiger charge is 2.25. The van der Waals surface area contributed by atoms with E-state index in [9.17, 15) is 9.59 Å². The molecule has 2 N–H and O–H groups in total. The van der Waals surface area contributed by atoms with Crippen molar-refractivity contribution in [1.82, 2.24) is 5.32 Å². The van der Waals surface area contributed by atoms with E-state index in [1.165, 1.54) is 0 Å². The molecular weight excluding hydrogens is 312 g/mol. The molecule has 0 saturated carbocycles. The van der Waals surface area contributed by atoms with Gasteiger partial charge in [0.25, 0.3) is 5.91 Å². The van der Waals surface area contributed by atoms with E-state index < -0.39 is 6.04 Å². The molecule has 4 nitrogen and oxygen atoms in total. The predicted octanol–water partition coefficient (Wildman–Crippen LogP) is 3.73. The molecule has 0 radical (unpaired) electrons. The van der Waals surface area contributed by atoms with Crippen LogP contribution in [0.2, 0.25) is 5.02 Å². The summed E-state index contributed by atoms with van der Waals surface area (Å²) in [6, 6.07) is 15.1. The van der Waals surface area contributed by atoms with Crippen LogP contribution in [0.5, 0.6) is 0 Å². The molecule has 2 aromatic carbocycles. The second-order valence-corrected chi connectivity index (χ2v) is 5.94. The number of carbonyl (C=O) groups is 2. The predicted molar refractivity (Wildman–Crippen MR) is 92.6 cm³/mol. The van der Waals surface area contributed by atoms with E-state index in [-0.39, 0.29) is 17.7 Å². The summed E-state index contributed by atoms with van der Waals surface area (Å²) < 4.78 is 0. The first-order valence-corrected chi connectivity index (χ1v) is 7.78. The third kappa shape index (κ3) is 4.57. The van der Waals surface area contributed by atoms with Crippen LogP contribution in [-0.2, 0) is 4.79 Å². The van der Waals surface area contributed by atoms with Gasteiger partial charge in [-0.2, -0.15) is 0 Å². The van der Waals surface area contributed by atoms with Gasteiger partial charge in [0.15, 0.2) is 0 Å². The van der Waals surface area contributed by atoms with Crippen molar-refractivity contribution < 1.29 is 9.59 Å². The molecule has 0 aliphatic carbocycles. The number of anilines is 1. The van der Waals surface area contributed by atoms with E-state index in [1.54, 1.807) is 48.5 Å². The monoisotopic (exact) mass is 330 g/mol. The minimum absolute atomic E-state index is 0.0647. The van der Waals surface area contributed by atoms with Gasteiger partial charge < -0.3 is 10.6 Å². The molecule has 0 aliphatic heterocycles. The van der Waals surface area contributed by atoms with Crippen molar-refractivity contribution >= 4 is 29.1 Å².